The summed E-state index contributed by atoms with van der Waals surface area (Å²) in [6.07, 6.45) is 0.393. The Morgan fingerprint density at radius 1 is 1.55 bits per heavy atom. The number of carbonyl (C=O) groups excluding carboxylic acids is 1. The molecule has 0 aliphatic carbocycles. The van der Waals surface area contributed by atoms with Gasteiger partial charge in [-0.25, -0.2) is 0 Å². The van der Waals surface area contributed by atoms with E-state index < -0.39 is 5.60 Å². The van der Waals surface area contributed by atoms with E-state index in [1.165, 1.54) is 0 Å². The van der Waals surface area contributed by atoms with Crippen molar-refractivity contribution >= 4 is 5.97 Å². The summed E-state index contributed by atoms with van der Waals surface area (Å²) in [7, 11) is 0. The van der Waals surface area contributed by atoms with Crippen LogP contribution in [0.2, 0.25) is 0 Å². The third-order valence-corrected chi connectivity index (χ3v) is 2.66. The summed E-state index contributed by atoms with van der Waals surface area (Å²) in [5, 5.41) is 9.00. The highest BCUT2D eigenvalue weighted by Crippen LogP contribution is 2.42. The lowest BCUT2D eigenvalue weighted by molar-refractivity contribution is -0.153. The lowest BCUT2D eigenvalue weighted by Gasteiger charge is -2.33. The Morgan fingerprint density at radius 3 is 2.27 bits per heavy atom. The van der Waals surface area contributed by atoms with Gasteiger partial charge in [-0.3, -0.25) is 4.79 Å². The standard InChI is InChI=1S/C8H14O3/c1-7(2)4-6(10)11-8(7,3)5-9/h9H,4-5H2,1-3H3. The fourth-order valence-corrected chi connectivity index (χ4v) is 1.22. The van der Waals surface area contributed by atoms with Crippen LogP contribution in [0.15, 0.2) is 0 Å². The number of rotatable bonds is 1. The maximum Gasteiger partial charge on any atom is 0.307 e. The van der Waals surface area contributed by atoms with Crippen molar-refractivity contribution in [2.45, 2.75) is 32.8 Å². The molecule has 0 spiro atoms. The molecule has 1 aliphatic heterocycles. The Hall–Kier alpha value is -0.570. The Bertz CT molecular complexity index is 186. The van der Waals surface area contributed by atoms with E-state index >= 15 is 0 Å². The zero-order chi connectivity index (χ0) is 8.70. The van der Waals surface area contributed by atoms with Crippen molar-refractivity contribution in [3.63, 3.8) is 0 Å². The van der Waals surface area contributed by atoms with Gasteiger partial charge in [-0.2, -0.15) is 0 Å². The molecule has 1 fully saturated rings. The van der Waals surface area contributed by atoms with Crippen LogP contribution in [0.5, 0.6) is 0 Å². The lowest BCUT2D eigenvalue weighted by atomic mass is 9.76. The topological polar surface area (TPSA) is 46.5 Å². The molecule has 3 heteroatoms. The van der Waals surface area contributed by atoms with Gasteiger partial charge < -0.3 is 9.84 Å². The highest BCUT2D eigenvalue weighted by atomic mass is 16.6. The van der Waals surface area contributed by atoms with Crippen molar-refractivity contribution in [2.24, 2.45) is 5.41 Å². The Morgan fingerprint density at radius 2 is 2.09 bits per heavy atom. The molecule has 1 unspecified atom stereocenters. The molecule has 1 heterocycles. The van der Waals surface area contributed by atoms with Gasteiger partial charge in [0.2, 0.25) is 0 Å². The normalized spacial score (nSPS) is 35.5. The fourth-order valence-electron chi connectivity index (χ4n) is 1.22. The summed E-state index contributed by atoms with van der Waals surface area (Å²) in [6, 6.07) is 0. The molecule has 1 aliphatic rings. The quantitative estimate of drug-likeness (QED) is 0.572. The molecule has 0 aromatic rings. The number of carbonyl (C=O) groups is 1. The molecule has 1 rings (SSSR count). The van der Waals surface area contributed by atoms with Crippen LogP contribution in [-0.2, 0) is 9.53 Å². The zero-order valence-electron chi connectivity index (χ0n) is 7.18. The first-order chi connectivity index (χ1) is 4.91. The van der Waals surface area contributed by atoms with Crippen molar-refractivity contribution in [1.82, 2.24) is 0 Å². The van der Waals surface area contributed by atoms with Crippen LogP contribution in [0.25, 0.3) is 0 Å². The van der Waals surface area contributed by atoms with Gasteiger partial charge in [0.1, 0.15) is 5.60 Å². The predicted molar refractivity (Wildman–Crippen MR) is 40.0 cm³/mol. The molecular formula is C8H14O3. The molecule has 0 bridgehead atoms. The monoisotopic (exact) mass is 158 g/mol. The second kappa shape index (κ2) is 2.21. The van der Waals surface area contributed by atoms with E-state index in [2.05, 4.69) is 0 Å². The van der Waals surface area contributed by atoms with Gasteiger partial charge in [0.15, 0.2) is 0 Å². The zero-order valence-corrected chi connectivity index (χ0v) is 7.18. The van der Waals surface area contributed by atoms with Gasteiger partial charge in [-0.15, -0.1) is 0 Å². The van der Waals surface area contributed by atoms with E-state index in [0.717, 1.165) is 0 Å². The first kappa shape index (κ1) is 8.53. The van der Waals surface area contributed by atoms with Crippen molar-refractivity contribution in [3.05, 3.63) is 0 Å². The Balaban J connectivity index is 2.89. The van der Waals surface area contributed by atoms with Crippen LogP contribution in [0.1, 0.15) is 27.2 Å². The average Bonchev–Trinajstić information content (AvgIpc) is 2.03. The van der Waals surface area contributed by atoms with Crippen LogP contribution in [-0.4, -0.2) is 23.3 Å². The van der Waals surface area contributed by atoms with E-state index in [1.54, 1.807) is 6.92 Å². The minimum atomic E-state index is -0.690. The van der Waals surface area contributed by atoms with Crippen LogP contribution >= 0.6 is 0 Å². The van der Waals surface area contributed by atoms with Crippen LogP contribution in [0, 0.1) is 5.41 Å². The van der Waals surface area contributed by atoms with E-state index in [9.17, 15) is 4.79 Å². The third kappa shape index (κ3) is 1.13. The summed E-state index contributed by atoms with van der Waals surface area (Å²) in [5.41, 5.74) is -0.942. The molecule has 0 saturated carbocycles. The Kier molecular flexibility index (Phi) is 1.71. The minimum absolute atomic E-state index is 0.105. The molecule has 0 aromatic carbocycles. The summed E-state index contributed by atoms with van der Waals surface area (Å²) in [5.74, 6) is -0.216. The van der Waals surface area contributed by atoms with Gasteiger partial charge in [0.25, 0.3) is 0 Å². The number of cyclic esters (lactones) is 1. The molecule has 11 heavy (non-hydrogen) atoms. The summed E-state index contributed by atoms with van der Waals surface area (Å²) in [4.78, 5) is 10.9. The van der Waals surface area contributed by atoms with Gasteiger partial charge in [-0.05, 0) is 6.92 Å². The number of ether oxygens (including phenoxy) is 1. The fraction of sp³-hybridized carbons (Fsp3) is 0.875. The van der Waals surface area contributed by atoms with E-state index in [4.69, 9.17) is 9.84 Å². The number of aliphatic hydroxyl groups excluding tert-OH is 1. The average molecular weight is 158 g/mol. The van der Waals surface area contributed by atoms with Crippen molar-refractivity contribution in [1.29, 1.82) is 0 Å². The van der Waals surface area contributed by atoms with Gasteiger partial charge in [0.05, 0.1) is 13.0 Å². The van der Waals surface area contributed by atoms with Crippen LogP contribution < -0.4 is 0 Å². The SMILES string of the molecule is CC1(C)CC(=O)OC1(C)CO. The second-order valence-corrected chi connectivity index (χ2v) is 3.92. The van der Waals surface area contributed by atoms with E-state index in [0.29, 0.717) is 6.42 Å². The highest BCUT2D eigenvalue weighted by molar-refractivity contribution is 5.73. The molecule has 1 saturated heterocycles. The maximum absolute atomic E-state index is 10.9. The minimum Gasteiger partial charge on any atom is -0.456 e. The first-order valence-corrected chi connectivity index (χ1v) is 3.74. The summed E-state index contributed by atoms with van der Waals surface area (Å²) in [6.45, 7) is 5.51. The predicted octanol–water partition coefficient (Wildman–Crippen LogP) is 0.710. The van der Waals surface area contributed by atoms with Gasteiger partial charge in [0, 0.05) is 5.41 Å². The number of hydrogen-bond acceptors (Lipinski definition) is 3. The smallest absolute Gasteiger partial charge is 0.307 e. The first-order valence-electron chi connectivity index (χ1n) is 3.74. The molecule has 1 atom stereocenters. The van der Waals surface area contributed by atoms with Crippen LogP contribution in [0.3, 0.4) is 0 Å². The molecule has 64 valence electrons. The number of aliphatic hydroxyl groups is 1. The maximum atomic E-state index is 10.9. The van der Waals surface area contributed by atoms with Gasteiger partial charge in [-0.1, -0.05) is 13.8 Å². The van der Waals surface area contributed by atoms with Gasteiger partial charge >= 0.3 is 5.97 Å². The van der Waals surface area contributed by atoms with E-state index in [1.807, 2.05) is 13.8 Å². The Labute approximate surface area is 66.4 Å². The third-order valence-electron chi connectivity index (χ3n) is 2.66. The largest absolute Gasteiger partial charge is 0.456 e. The molecular weight excluding hydrogens is 144 g/mol. The molecule has 0 aromatic heterocycles. The van der Waals surface area contributed by atoms with Crippen molar-refractivity contribution < 1.29 is 14.6 Å². The number of hydrogen-bond donors (Lipinski definition) is 1. The van der Waals surface area contributed by atoms with Crippen molar-refractivity contribution in [2.75, 3.05) is 6.61 Å². The van der Waals surface area contributed by atoms with Crippen molar-refractivity contribution in [3.8, 4) is 0 Å². The summed E-state index contributed by atoms with van der Waals surface area (Å²) < 4.78 is 5.02. The van der Waals surface area contributed by atoms with Crippen LogP contribution in [0.4, 0.5) is 0 Å². The number of esters is 1. The summed E-state index contributed by atoms with van der Waals surface area (Å²) >= 11 is 0. The molecule has 3 nitrogen and oxygen atoms in total. The highest BCUT2D eigenvalue weighted by Gasteiger charge is 2.51. The molecule has 1 N–H and O–H groups in total. The lowest BCUT2D eigenvalue weighted by Crippen LogP contribution is -2.41. The molecule has 0 radical (unpaired) electrons. The second-order valence-electron chi connectivity index (χ2n) is 3.92. The van der Waals surface area contributed by atoms with E-state index in [-0.39, 0.29) is 18.0 Å². The molecule has 0 amide bonds.